The summed E-state index contributed by atoms with van der Waals surface area (Å²) in [5.41, 5.74) is 7.14. The zero-order chi connectivity index (χ0) is 13.3. The van der Waals surface area contributed by atoms with Gasteiger partial charge < -0.3 is 11.1 Å². The highest BCUT2D eigenvalue weighted by Gasteiger charge is 2.08. The van der Waals surface area contributed by atoms with Crippen LogP contribution in [0.3, 0.4) is 0 Å². The standard InChI is InChI=1S/C13H11BrF2N2/c1-7-4-13(11(17)6-9(7)15)18-12-3-2-8(14)5-10(12)16/h2-6,18H,17H2,1H3. The van der Waals surface area contributed by atoms with Gasteiger partial charge >= 0.3 is 0 Å². The second-order valence-electron chi connectivity index (χ2n) is 3.94. The Hall–Kier alpha value is -1.62. The van der Waals surface area contributed by atoms with Gasteiger partial charge in [-0.3, -0.25) is 0 Å². The van der Waals surface area contributed by atoms with Crippen molar-refractivity contribution in [2.75, 3.05) is 11.1 Å². The van der Waals surface area contributed by atoms with Gasteiger partial charge in [0.1, 0.15) is 11.6 Å². The van der Waals surface area contributed by atoms with Crippen LogP contribution in [0.5, 0.6) is 0 Å². The average molecular weight is 313 g/mol. The molecular formula is C13H11BrF2N2. The topological polar surface area (TPSA) is 38.0 Å². The van der Waals surface area contributed by atoms with Gasteiger partial charge in [-0.25, -0.2) is 8.78 Å². The predicted molar refractivity (Wildman–Crippen MR) is 72.9 cm³/mol. The summed E-state index contributed by atoms with van der Waals surface area (Å²) >= 11 is 3.18. The fraction of sp³-hybridized carbons (Fsp3) is 0.0769. The minimum absolute atomic E-state index is 0.236. The molecule has 0 aromatic heterocycles. The lowest BCUT2D eigenvalue weighted by molar-refractivity contribution is 0.619. The van der Waals surface area contributed by atoms with Crippen molar-refractivity contribution in [3.63, 3.8) is 0 Å². The minimum Gasteiger partial charge on any atom is -0.397 e. The number of nitrogen functional groups attached to an aromatic ring is 1. The molecule has 0 saturated heterocycles. The number of aryl methyl sites for hydroxylation is 1. The second kappa shape index (κ2) is 4.94. The lowest BCUT2D eigenvalue weighted by atomic mass is 10.1. The van der Waals surface area contributed by atoms with E-state index >= 15 is 0 Å². The van der Waals surface area contributed by atoms with Crippen LogP contribution in [0, 0.1) is 18.6 Å². The Morgan fingerprint density at radius 2 is 1.78 bits per heavy atom. The Labute approximate surface area is 112 Å². The summed E-state index contributed by atoms with van der Waals surface area (Å²) in [6.45, 7) is 1.62. The maximum absolute atomic E-state index is 13.6. The number of anilines is 3. The zero-order valence-electron chi connectivity index (χ0n) is 9.60. The number of hydrogen-bond donors (Lipinski definition) is 2. The van der Waals surface area contributed by atoms with Crippen LogP contribution >= 0.6 is 15.9 Å². The first-order valence-corrected chi connectivity index (χ1v) is 6.04. The van der Waals surface area contributed by atoms with Crippen molar-refractivity contribution in [2.45, 2.75) is 6.92 Å². The van der Waals surface area contributed by atoms with Crippen molar-refractivity contribution in [1.82, 2.24) is 0 Å². The van der Waals surface area contributed by atoms with E-state index in [1.54, 1.807) is 25.1 Å². The van der Waals surface area contributed by atoms with Crippen LogP contribution in [0.2, 0.25) is 0 Å². The molecule has 0 fully saturated rings. The molecule has 94 valence electrons. The Balaban J connectivity index is 2.37. The van der Waals surface area contributed by atoms with Crippen LogP contribution in [-0.4, -0.2) is 0 Å². The third-order valence-electron chi connectivity index (χ3n) is 2.53. The van der Waals surface area contributed by atoms with E-state index in [1.165, 1.54) is 12.1 Å². The molecule has 0 aliphatic heterocycles. The number of rotatable bonds is 2. The van der Waals surface area contributed by atoms with E-state index in [2.05, 4.69) is 21.2 Å². The second-order valence-corrected chi connectivity index (χ2v) is 4.85. The fourth-order valence-electron chi connectivity index (χ4n) is 1.54. The van der Waals surface area contributed by atoms with Crippen molar-refractivity contribution in [3.8, 4) is 0 Å². The summed E-state index contributed by atoms with van der Waals surface area (Å²) in [6.07, 6.45) is 0. The van der Waals surface area contributed by atoms with Gasteiger partial charge in [0, 0.05) is 4.47 Å². The smallest absolute Gasteiger partial charge is 0.147 e. The molecule has 2 rings (SSSR count). The molecule has 0 amide bonds. The Kier molecular flexibility index (Phi) is 3.52. The molecule has 2 aromatic rings. The first kappa shape index (κ1) is 12.8. The van der Waals surface area contributed by atoms with E-state index in [0.29, 0.717) is 15.7 Å². The molecule has 3 N–H and O–H groups in total. The van der Waals surface area contributed by atoms with Crippen LogP contribution in [0.25, 0.3) is 0 Å². The molecule has 5 heteroatoms. The highest BCUT2D eigenvalue weighted by Crippen LogP contribution is 2.28. The zero-order valence-corrected chi connectivity index (χ0v) is 11.2. The SMILES string of the molecule is Cc1cc(Nc2ccc(Br)cc2F)c(N)cc1F. The summed E-state index contributed by atoms with van der Waals surface area (Å²) in [5.74, 6) is -0.792. The molecule has 2 aromatic carbocycles. The number of nitrogens with one attached hydrogen (secondary N) is 1. The lowest BCUT2D eigenvalue weighted by Gasteiger charge is -2.11. The summed E-state index contributed by atoms with van der Waals surface area (Å²) in [7, 11) is 0. The first-order valence-electron chi connectivity index (χ1n) is 5.25. The van der Waals surface area contributed by atoms with E-state index in [9.17, 15) is 8.78 Å². The molecule has 18 heavy (non-hydrogen) atoms. The minimum atomic E-state index is -0.411. The third-order valence-corrected chi connectivity index (χ3v) is 3.02. The number of hydrogen-bond acceptors (Lipinski definition) is 2. The molecule has 0 heterocycles. The van der Waals surface area contributed by atoms with Gasteiger partial charge in [-0.2, -0.15) is 0 Å². The van der Waals surface area contributed by atoms with Crippen LogP contribution < -0.4 is 11.1 Å². The summed E-state index contributed by atoms with van der Waals surface area (Å²) in [4.78, 5) is 0. The number of halogens is 3. The summed E-state index contributed by atoms with van der Waals surface area (Å²) < 4.78 is 27.5. The Morgan fingerprint density at radius 1 is 1.06 bits per heavy atom. The molecule has 0 atom stereocenters. The van der Waals surface area contributed by atoms with E-state index < -0.39 is 5.82 Å². The predicted octanol–water partition coefficient (Wildman–Crippen LogP) is 4.36. The van der Waals surface area contributed by atoms with Gasteiger partial charge in [0.05, 0.1) is 17.1 Å². The Bertz CT molecular complexity index is 600. The summed E-state index contributed by atoms with van der Waals surface area (Å²) in [6, 6.07) is 7.39. The average Bonchev–Trinajstić information content (AvgIpc) is 2.29. The molecule has 0 radical (unpaired) electrons. The van der Waals surface area contributed by atoms with Gasteiger partial charge in [0.25, 0.3) is 0 Å². The maximum Gasteiger partial charge on any atom is 0.147 e. The van der Waals surface area contributed by atoms with E-state index in [0.717, 1.165) is 0 Å². The largest absolute Gasteiger partial charge is 0.397 e. The van der Waals surface area contributed by atoms with Crippen molar-refractivity contribution < 1.29 is 8.78 Å². The molecule has 2 nitrogen and oxygen atoms in total. The van der Waals surface area contributed by atoms with Crippen molar-refractivity contribution in [1.29, 1.82) is 0 Å². The highest BCUT2D eigenvalue weighted by atomic mass is 79.9. The van der Waals surface area contributed by atoms with Crippen LogP contribution in [0.1, 0.15) is 5.56 Å². The van der Waals surface area contributed by atoms with Crippen molar-refractivity contribution in [2.24, 2.45) is 0 Å². The van der Waals surface area contributed by atoms with Gasteiger partial charge in [0.15, 0.2) is 0 Å². The molecule has 0 unspecified atom stereocenters. The van der Waals surface area contributed by atoms with Gasteiger partial charge in [-0.15, -0.1) is 0 Å². The van der Waals surface area contributed by atoms with Gasteiger partial charge in [-0.1, -0.05) is 15.9 Å². The molecule has 0 saturated carbocycles. The normalized spacial score (nSPS) is 10.4. The van der Waals surface area contributed by atoms with Gasteiger partial charge in [0.2, 0.25) is 0 Å². The molecule has 0 bridgehead atoms. The maximum atomic E-state index is 13.6. The molecule has 0 aliphatic carbocycles. The molecule has 0 aliphatic rings. The van der Waals surface area contributed by atoms with Crippen LogP contribution in [0.4, 0.5) is 25.8 Å². The van der Waals surface area contributed by atoms with Crippen molar-refractivity contribution in [3.05, 3.63) is 52.0 Å². The number of nitrogens with two attached hydrogens (primary N) is 1. The number of benzene rings is 2. The van der Waals surface area contributed by atoms with E-state index in [1.807, 2.05) is 0 Å². The Morgan fingerprint density at radius 3 is 2.44 bits per heavy atom. The van der Waals surface area contributed by atoms with Gasteiger partial charge in [-0.05, 0) is 42.8 Å². The van der Waals surface area contributed by atoms with Crippen LogP contribution in [0.15, 0.2) is 34.8 Å². The first-order chi connectivity index (χ1) is 8.47. The third kappa shape index (κ3) is 2.61. The quantitative estimate of drug-likeness (QED) is 0.808. The monoisotopic (exact) mass is 312 g/mol. The molecule has 0 spiro atoms. The highest BCUT2D eigenvalue weighted by molar-refractivity contribution is 9.10. The van der Waals surface area contributed by atoms with Crippen molar-refractivity contribution >= 4 is 33.0 Å². The van der Waals surface area contributed by atoms with E-state index in [4.69, 9.17) is 5.73 Å². The summed E-state index contributed by atoms with van der Waals surface area (Å²) in [5, 5.41) is 2.85. The molecular weight excluding hydrogens is 302 g/mol. The lowest BCUT2D eigenvalue weighted by Crippen LogP contribution is -2.00. The fourth-order valence-corrected chi connectivity index (χ4v) is 1.87. The van der Waals surface area contributed by atoms with E-state index in [-0.39, 0.29) is 17.2 Å². The van der Waals surface area contributed by atoms with Crippen LogP contribution in [-0.2, 0) is 0 Å².